The molecule has 2 rings (SSSR count). The van der Waals surface area contributed by atoms with Crippen LogP contribution in [0.4, 0.5) is 0 Å². The maximum atomic E-state index is 10.1. The van der Waals surface area contributed by atoms with Crippen molar-refractivity contribution in [3.63, 3.8) is 0 Å². The lowest BCUT2D eigenvalue weighted by molar-refractivity contribution is 0.174. The Morgan fingerprint density at radius 1 is 1.00 bits per heavy atom. The highest BCUT2D eigenvalue weighted by atomic mass is 16.3. The Bertz CT molecular complexity index is 522. The average molecular weight is 255 g/mol. The summed E-state index contributed by atoms with van der Waals surface area (Å²) >= 11 is 0. The first kappa shape index (κ1) is 13.8. The fraction of sp³-hybridized carbons (Fsp3) is 0.294. The molecule has 0 heterocycles. The van der Waals surface area contributed by atoms with Gasteiger partial charge in [-0.3, -0.25) is 0 Å². The second kappa shape index (κ2) is 6.50. The van der Waals surface area contributed by atoms with E-state index in [1.807, 2.05) is 30.3 Å². The molecule has 0 aliphatic carbocycles. The van der Waals surface area contributed by atoms with Gasteiger partial charge in [-0.1, -0.05) is 48.5 Å². The lowest BCUT2D eigenvalue weighted by Crippen LogP contribution is -2.21. The van der Waals surface area contributed by atoms with Gasteiger partial charge in [0.05, 0.1) is 6.10 Å². The highest BCUT2D eigenvalue weighted by Gasteiger charge is 2.06. The molecule has 0 aromatic heterocycles. The molecule has 19 heavy (non-hydrogen) atoms. The number of benzene rings is 2. The molecule has 0 aliphatic rings. The second-order valence-electron chi connectivity index (χ2n) is 4.92. The third kappa shape index (κ3) is 3.66. The minimum atomic E-state index is -0.452. The largest absolute Gasteiger partial charge is 0.387 e. The van der Waals surface area contributed by atoms with Crippen LogP contribution in [0, 0.1) is 13.8 Å². The van der Waals surface area contributed by atoms with Gasteiger partial charge in [-0.2, -0.15) is 0 Å². The molecule has 0 bridgehead atoms. The molecular weight excluding hydrogens is 234 g/mol. The summed E-state index contributed by atoms with van der Waals surface area (Å²) in [6.07, 6.45) is -0.452. The predicted octanol–water partition coefficient (Wildman–Crippen LogP) is 3.13. The standard InChI is InChI=1S/C17H21NO/c1-13-7-6-10-16(14(13)2)11-18-12-17(19)15-8-4-3-5-9-15/h3-10,17-19H,11-12H2,1-2H3. The van der Waals surface area contributed by atoms with Gasteiger partial charge in [0.15, 0.2) is 0 Å². The van der Waals surface area contributed by atoms with Gasteiger partial charge in [0.1, 0.15) is 0 Å². The molecular formula is C17H21NO. The first-order valence-corrected chi connectivity index (χ1v) is 6.67. The Morgan fingerprint density at radius 2 is 1.74 bits per heavy atom. The molecule has 2 N–H and O–H groups in total. The molecule has 0 radical (unpaired) electrons. The van der Waals surface area contributed by atoms with Crippen LogP contribution in [0.5, 0.6) is 0 Å². The average Bonchev–Trinajstić information content (AvgIpc) is 2.44. The van der Waals surface area contributed by atoms with E-state index in [0.717, 1.165) is 12.1 Å². The quantitative estimate of drug-likeness (QED) is 0.860. The second-order valence-corrected chi connectivity index (χ2v) is 4.92. The topological polar surface area (TPSA) is 32.3 Å². The summed E-state index contributed by atoms with van der Waals surface area (Å²) in [5.41, 5.74) is 4.88. The SMILES string of the molecule is Cc1cccc(CNCC(O)c2ccccc2)c1C. The van der Waals surface area contributed by atoms with Crippen molar-refractivity contribution in [2.75, 3.05) is 6.54 Å². The highest BCUT2D eigenvalue weighted by molar-refractivity contribution is 5.33. The smallest absolute Gasteiger partial charge is 0.0914 e. The molecule has 2 aromatic carbocycles. The van der Waals surface area contributed by atoms with Crippen molar-refractivity contribution < 1.29 is 5.11 Å². The molecule has 1 unspecified atom stereocenters. The molecule has 1 atom stereocenters. The minimum absolute atomic E-state index is 0.452. The molecule has 0 amide bonds. The van der Waals surface area contributed by atoms with Crippen LogP contribution >= 0.6 is 0 Å². The zero-order chi connectivity index (χ0) is 13.7. The Balaban J connectivity index is 1.88. The molecule has 0 saturated heterocycles. The first-order chi connectivity index (χ1) is 9.18. The van der Waals surface area contributed by atoms with Gasteiger partial charge in [0.25, 0.3) is 0 Å². The van der Waals surface area contributed by atoms with Gasteiger partial charge in [0, 0.05) is 13.1 Å². The van der Waals surface area contributed by atoms with Crippen molar-refractivity contribution in [2.45, 2.75) is 26.5 Å². The van der Waals surface area contributed by atoms with E-state index in [1.54, 1.807) is 0 Å². The van der Waals surface area contributed by atoms with Crippen molar-refractivity contribution in [3.05, 3.63) is 70.8 Å². The van der Waals surface area contributed by atoms with Gasteiger partial charge in [-0.15, -0.1) is 0 Å². The van der Waals surface area contributed by atoms with Crippen LogP contribution in [0.3, 0.4) is 0 Å². The summed E-state index contributed by atoms with van der Waals surface area (Å²) in [6.45, 7) is 5.62. The van der Waals surface area contributed by atoms with Gasteiger partial charge in [-0.05, 0) is 36.1 Å². The van der Waals surface area contributed by atoms with E-state index < -0.39 is 6.10 Å². The van der Waals surface area contributed by atoms with Crippen molar-refractivity contribution in [2.24, 2.45) is 0 Å². The number of aliphatic hydroxyl groups is 1. The van der Waals surface area contributed by atoms with Crippen LogP contribution in [-0.2, 0) is 6.54 Å². The molecule has 0 spiro atoms. The van der Waals surface area contributed by atoms with Crippen molar-refractivity contribution in [3.8, 4) is 0 Å². The van der Waals surface area contributed by atoms with Crippen LogP contribution in [0.15, 0.2) is 48.5 Å². The van der Waals surface area contributed by atoms with Crippen molar-refractivity contribution >= 4 is 0 Å². The summed E-state index contributed by atoms with van der Waals surface area (Å²) in [4.78, 5) is 0. The van der Waals surface area contributed by atoms with E-state index in [1.165, 1.54) is 16.7 Å². The Kier molecular flexibility index (Phi) is 4.72. The zero-order valence-corrected chi connectivity index (χ0v) is 11.6. The van der Waals surface area contributed by atoms with E-state index in [4.69, 9.17) is 0 Å². The van der Waals surface area contributed by atoms with Gasteiger partial charge in [0.2, 0.25) is 0 Å². The van der Waals surface area contributed by atoms with Crippen LogP contribution in [0.2, 0.25) is 0 Å². The van der Waals surface area contributed by atoms with Crippen LogP contribution in [0.1, 0.15) is 28.4 Å². The fourth-order valence-corrected chi connectivity index (χ4v) is 2.14. The fourth-order valence-electron chi connectivity index (χ4n) is 2.14. The maximum Gasteiger partial charge on any atom is 0.0914 e. The first-order valence-electron chi connectivity index (χ1n) is 6.67. The number of aryl methyl sites for hydroxylation is 1. The summed E-state index contributed by atoms with van der Waals surface area (Å²) < 4.78 is 0. The highest BCUT2D eigenvalue weighted by Crippen LogP contribution is 2.14. The van der Waals surface area contributed by atoms with Crippen LogP contribution in [0.25, 0.3) is 0 Å². The van der Waals surface area contributed by atoms with E-state index in [2.05, 4.69) is 37.4 Å². The maximum absolute atomic E-state index is 10.1. The lowest BCUT2D eigenvalue weighted by atomic mass is 10.0. The number of rotatable bonds is 5. The molecule has 2 heteroatoms. The van der Waals surface area contributed by atoms with E-state index in [-0.39, 0.29) is 0 Å². The molecule has 100 valence electrons. The van der Waals surface area contributed by atoms with E-state index >= 15 is 0 Å². The summed E-state index contributed by atoms with van der Waals surface area (Å²) in [5.74, 6) is 0. The van der Waals surface area contributed by atoms with Gasteiger partial charge in [-0.25, -0.2) is 0 Å². The van der Waals surface area contributed by atoms with Gasteiger partial charge >= 0.3 is 0 Å². The summed E-state index contributed by atoms with van der Waals surface area (Å²) in [6, 6.07) is 16.1. The predicted molar refractivity (Wildman–Crippen MR) is 79.0 cm³/mol. The summed E-state index contributed by atoms with van der Waals surface area (Å²) in [5, 5.41) is 13.4. The third-order valence-corrected chi connectivity index (χ3v) is 3.55. The zero-order valence-electron chi connectivity index (χ0n) is 11.6. The molecule has 0 fully saturated rings. The molecule has 0 aliphatic heterocycles. The monoisotopic (exact) mass is 255 g/mol. The van der Waals surface area contributed by atoms with Gasteiger partial charge < -0.3 is 10.4 Å². The third-order valence-electron chi connectivity index (χ3n) is 3.55. The number of aliphatic hydroxyl groups excluding tert-OH is 1. The van der Waals surface area contributed by atoms with Crippen molar-refractivity contribution in [1.29, 1.82) is 0 Å². The molecule has 0 saturated carbocycles. The van der Waals surface area contributed by atoms with E-state index in [9.17, 15) is 5.11 Å². The Labute approximate surface area is 115 Å². The normalized spacial score (nSPS) is 12.4. The number of hydrogen-bond acceptors (Lipinski definition) is 2. The van der Waals surface area contributed by atoms with Crippen LogP contribution < -0.4 is 5.32 Å². The minimum Gasteiger partial charge on any atom is -0.387 e. The Hall–Kier alpha value is -1.64. The van der Waals surface area contributed by atoms with Crippen LogP contribution in [-0.4, -0.2) is 11.7 Å². The number of hydrogen-bond donors (Lipinski definition) is 2. The van der Waals surface area contributed by atoms with Crippen molar-refractivity contribution in [1.82, 2.24) is 5.32 Å². The lowest BCUT2D eigenvalue weighted by Gasteiger charge is -2.14. The molecule has 2 aromatic rings. The molecule has 2 nitrogen and oxygen atoms in total. The Morgan fingerprint density at radius 3 is 2.47 bits per heavy atom. The van der Waals surface area contributed by atoms with E-state index in [0.29, 0.717) is 6.54 Å². The summed E-state index contributed by atoms with van der Waals surface area (Å²) in [7, 11) is 0. The number of nitrogens with one attached hydrogen (secondary N) is 1.